The van der Waals surface area contributed by atoms with Crippen LogP contribution in [0.2, 0.25) is 0 Å². The fourth-order valence-electron chi connectivity index (χ4n) is 1.99. The first kappa shape index (κ1) is 14.9. The van der Waals surface area contributed by atoms with Crippen molar-refractivity contribution >= 4 is 11.9 Å². The summed E-state index contributed by atoms with van der Waals surface area (Å²) in [6.45, 7) is 4.22. The number of hydrogen-bond donors (Lipinski definition) is 3. The van der Waals surface area contributed by atoms with Gasteiger partial charge in [-0.25, -0.2) is 0 Å². The van der Waals surface area contributed by atoms with E-state index in [-0.39, 0.29) is 5.91 Å². The first-order valence-corrected chi connectivity index (χ1v) is 6.04. The number of nitrogens with one attached hydrogen (secondary N) is 2. The van der Waals surface area contributed by atoms with Crippen molar-refractivity contribution in [2.24, 2.45) is 0 Å². The van der Waals surface area contributed by atoms with Gasteiger partial charge in [0.05, 0.1) is 12.6 Å². The number of carbonyl (C=O) groups excluding carboxylic acids is 1. The van der Waals surface area contributed by atoms with Crippen LogP contribution in [0.25, 0.3) is 0 Å². The molecule has 1 rings (SSSR count). The molecule has 1 saturated heterocycles. The van der Waals surface area contributed by atoms with Gasteiger partial charge in [0.2, 0.25) is 5.91 Å². The van der Waals surface area contributed by atoms with Crippen molar-refractivity contribution < 1.29 is 19.4 Å². The van der Waals surface area contributed by atoms with Gasteiger partial charge < -0.3 is 20.5 Å². The smallest absolute Gasteiger partial charge is 0.322 e. The fraction of sp³-hybridized carbons (Fsp3) is 0.818. The molecule has 2 atom stereocenters. The monoisotopic (exact) mass is 259 g/mol. The lowest BCUT2D eigenvalue weighted by molar-refractivity contribution is -0.146. The second-order valence-corrected chi connectivity index (χ2v) is 4.26. The van der Waals surface area contributed by atoms with Crippen LogP contribution in [0.15, 0.2) is 0 Å². The molecule has 0 aromatic rings. The minimum Gasteiger partial charge on any atom is -0.480 e. The quantitative estimate of drug-likeness (QED) is 0.503. The topological polar surface area (TPSA) is 90.9 Å². The second-order valence-electron chi connectivity index (χ2n) is 4.26. The van der Waals surface area contributed by atoms with E-state index in [0.717, 1.165) is 0 Å². The van der Waals surface area contributed by atoms with E-state index in [2.05, 4.69) is 10.6 Å². The summed E-state index contributed by atoms with van der Waals surface area (Å²) in [4.78, 5) is 24.7. The Morgan fingerprint density at radius 2 is 2.33 bits per heavy atom. The number of carboxylic acid groups (broad SMARTS) is 1. The molecular weight excluding hydrogens is 238 g/mol. The van der Waals surface area contributed by atoms with E-state index in [1.807, 2.05) is 0 Å². The molecular formula is C11H21N3O4. The number of aliphatic carboxylic acids is 1. The summed E-state index contributed by atoms with van der Waals surface area (Å²) in [5, 5.41) is 14.9. The Morgan fingerprint density at radius 3 is 2.94 bits per heavy atom. The largest absolute Gasteiger partial charge is 0.480 e. The highest BCUT2D eigenvalue weighted by Gasteiger charge is 2.34. The van der Waals surface area contributed by atoms with Crippen LogP contribution in [0.5, 0.6) is 0 Å². The molecule has 0 aromatic carbocycles. The Hall–Kier alpha value is -1.18. The molecule has 104 valence electrons. The molecule has 0 radical (unpaired) electrons. The number of amides is 1. The molecule has 1 heterocycles. The third-order valence-electron chi connectivity index (χ3n) is 3.05. The molecule has 1 aliphatic heterocycles. The highest BCUT2D eigenvalue weighted by atomic mass is 16.5. The molecule has 1 fully saturated rings. The number of methoxy groups -OCH3 is 1. The van der Waals surface area contributed by atoms with Gasteiger partial charge in [-0.15, -0.1) is 0 Å². The van der Waals surface area contributed by atoms with Crippen molar-refractivity contribution in [1.82, 2.24) is 15.5 Å². The third kappa shape index (κ3) is 3.94. The number of piperazine rings is 1. The minimum atomic E-state index is -0.904. The van der Waals surface area contributed by atoms with E-state index in [0.29, 0.717) is 32.8 Å². The maximum absolute atomic E-state index is 11.9. The molecule has 0 bridgehead atoms. The minimum absolute atomic E-state index is 0.166. The first-order chi connectivity index (χ1) is 8.57. The first-order valence-electron chi connectivity index (χ1n) is 6.04. The van der Waals surface area contributed by atoms with Gasteiger partial charge in [0, 0.05) is 33.3 Å². The van der Waals surface area contributed by atoms with Crippen LogP contribution in [-0.4, -0.2) is 73.9 Å². The summed E-state index contributed by atoms with van der Waals surface area (Å²) in [5.41, 5.74) is 0. The summed E-state index contributed by atoms with van der Waals surface area (Å²) >= 11 is 0. The molecule has 0 saturated carbocycles. The standard InChI is InChI=1S/C11H21N3O4/c1-8(10(15)13-4-6-18-2)14-5-3-12-7-9(14)11(16)17/h8-9,12H,3-7H2,1-2H3,(H,13,15)(H,16,17). The lowest BCUT2D eigenvalue weighted by Gasteiger charge is -2.36. The predicted octanol–water partition coefficient (Wildman–Crippen LogP) is -1.50. The fourth-order valence-corrected chi connectivity index (χ4v) is 1.99. The number of hydrogen-bond acceptors (Lipinski definition) is 5. The van der Waals surface area contributed by atoms with Gasteiger partial charge in [-0.05, 0) is 6.92 Å². The van der Waals surface area contributed by atoms with Gasteiger partial charge in [0.1, 0.15) is 6.04 Å². The van der Waals surface area contributed by atoms with Crippen LogP contribution in [0.3, 0.4) is 0 Å². The zero-order chi connectivity index (χ0) is 13.5. The number of rotatable bonds is 6. The summed E-state index contributed by atoms with van der Waals surface area (Å²) in [7, 11) is 1.56. The molecule has 0 aliphatic carbocycles. The molecule has 0 aromatic heterocycles. The van der Waals surface area contributed by atoms with E-state index >= 15 is 0 Å². The van der Waals surface area contributed by atoms with Crippen molar-refractivity contribution in [3.8, 4) is 0 Å². The summed E-state index contributed by atoms with van der Waals surface area (Å²) in [6.07, 6.45) is 0. The van der Waals surface area contributed by atoms with Crippen LogP contribution in [0, 0.1) is 0 Å². The summed E-state index contributed by atoms with van der Waals surface area (Å²) in [5.74, 6) is -1.07. The van der Waals surface area contributed by atoms with Gasteiger partial charge in [-0.1, -0.05) is 0 Å². The molecule has 3 N–H and O–H groups in total. The maximum Gasteiger partial charge on any atom is 0.322 e. The van der Waals surface area contributed by atoms with Crippen LogP contribution in [0.1, 0.15) is 6.92 Å². The molecule has 7 heteroatoms. The average molecular weight is 259 g/mol. The van der Waals surface area contributed by atoms with Crippen molar-refractivity contribution in [2.75, 3.05) is 39.9 Å². The molecule has 1 amide bonds. The Kier molecular flexibility index (Phi) is 6.03. The van der Waals surface area contributed by atoms with Crippen LogP contribution >= 0.6 is 0 Å². The van der Waals surface area contributed by atoms with E-state index in [4.69, 9.17) is 9.84 Å². The van der Waals surface area contributed by atoms with Gasteiger partial charge >= 0.3 is 5.97 Å². The molecule has 7 nitrogen and oxygen atoms in total. The SMILES string of the molecule is COCCNC(=O)C(C)N1CCNCC1C(=O)O. The second kappa shape index (κ2) is 7.30. The molecule has 18 heavy (non-hydrogen) atoms. The zero-order valence-corrected chi connectivity index (χ0v) is 10.8. The summed E-state index contributed by atoms with van der Waals surface area (Å²) < 4.78 is 4.84. The van der Waals surface area contributed by atoms with Crippen LogP contribution < -0.4 is 10.6 Å². The Labute approximate surface area is 106 Å². The Balaban J connectivity index is 2.54. The predicted molar refractivity (Wildman–Crippen MR) is 65.3 cm³/mol. The molecule has 1 aliphatic rings. The zero-order valence-electron chi connectivity index (χ0n) is 10.8. The molecule has 2 unspecified atom stereocenters. The van der Waals surface area contributed by atoms with Crippen molar-refractivity contribution in [2.45, 2.75) is 19.0 Å². The Bertz CT molecular complexity index is 298. The van der Waals surface area contributed by atoms with E-state index < -0.39 is 18.1 Å². The van der Waals surface area contributed by atoms with Gasteiger partial charge in [0.15, 0.2) is 0 Å². The van der Waals surface area contributed by atoms with E-state index in [1.54, 1.807) is 18.9 Å². The van der Waals surface area contributed by atoms with Crippen molar-refractivity contribution in [3.63, 3.8) is 0 Å². The van der Waals surface area contributed by atoms with Crippen molar-refractivity contribution in [3.05, 3.63) is 0 Å². The number of nitrogens with zero attached hydrogens (tertiary/aromatic N) is 1. The third-order valence-corrected chi connectivity index (χ3v) is 3.05. The number of ether oxygens (including phenoxy) is 1. The van der Waals surface area contributed by atoms with Crippen molar-refractivity contribution in [1.29, 1.82) is 0 Å². The van der Waals surface area contributed by atoms with Gasteiger partial charge in [0.25, 0.3) is 0 Å². The van der Waals surface area contributed by atoms with E-state index in [9.17, 15) is 9.59 Å². The number of carboxylic acids is 1. The number of carbonyl (C=O) groups is 2. The van der Waals surface area contributed by atoms with Crippen LogP contribution in [-0.2, 0) is 14.3 Å². The maximum atomic E-state index is 11.9. The van der Waals surface area contributed by atoms with Crippen LogP contribution in [0.4, 0.5) is 0 Å². The average Bonchev–Trinajstić information content (AvgIpc) is 2.38. The lowest BCUT2D eigenvalue weighted by Crippen LogP contribution is -2.60. The Morgan fingerprint density at radius 1 is 1.61 bits per heavy atom. The lowest BCUT2D eigenvalue weighted by atomic mass is 10.1. The van der Waals surface area contributed by atoms with E-state index in [1.165, 1.54) is 0 Å². The molecule has 0 spiro atoms. The summed E-state index contributed by atoms with van der Waals surface area (Å²) in [6, 6.07) is -1.10. The normalized spacial score (nSPS) is 22.4. The van der Waals surface area contributed by atoms with Gasteiger partial charge in [-0.3, -0.25) is 14.5 Å². The highest BCUT2D eigenvalue weighted by molar-refractivity contribution is 5.82. The van der Waals surface area contributed by atoms with Gasteiger partial charge in [-0.2, -0.15) is 0 Å². The highest BCUT2D eigenvalue weighted by Crippen LogP contribution is 2.09.